The molecule has 5 N–H and O–H groups in total. The van der Waals surface area contributed by atoms with Crippen LogP contribution in [0.25, 0.3) is 10.9 Å². The van der Waals surface area contributed by atoms with Crippen molar-refractivity contribution < 1.29 is 36.7 Å². The number of alkyl halides is 3. The van der Waals surface area contributed by atoms with Crippen LogP contribution in [0.5, 0.6) is 0 Å². The molecule has 2 unspecified atom stereocenters. The fourth-order valence-electron chi connectivity index (χ4n) is 7.09. The van der Waals surface area contributed by atoms with Gasteiger partial charge in [-0.05, 0) is 61.0 Å². The van der Waals surface area contributed by atoms with Crippen molar-refractivity contribution in [3.8, 4) is 0 Å². The maximum atomic E-state index is 14.7. The summed E-state index contributed by atoms with van der Waals surface area (Å²) in [5.41, 5.74) is -1.55. The molecule has 0 saturated heterocycles. The second-order valence-electron chi connectivity index (χ2n) is 14.4. The Hall–Kier alpha value is -4.46. The van der Waals surface area contributed by atoms with Gasteiger partial charge >= 0.3 is 6.18 Å². The molecular weight excluding hydrogens is 704 g/mol. The molecule has 1 aliphatic carbocycles. The number of benzene rings is 2. The average Bonchev–Trinajstić information content (AvgIpc) is 3.51. The molecule has 14 heteroatoms. The Morgan fingerprint density at radius 2 is 1.54 bits per heavy atom. The molecule has 2 aromatic carbocycles. The molecule has 1 heterocycles. The van der Waals surface area contributed by atoms with Crippen molar-refractivity contribution in [1.29, 1.82) is 0 Å². The van der Waals surface area contributed by atoms with E-state index < -0.39 is 58.8 Å². The van der Waals surface area contributed by atoms with E-state index in [1.54, 1.807) is 19.1 Å². The number of aryl methyl sites for hydroxylation is 1. The fourth-order valence-corrected chi connectivity index (χ4v) is 7.09. The monoisotopic (exact) mass is 758 g/mol. The molecule has 4 rings (SSSR count). The van der Waals surface area contributed by atoms with Crippen LogP contribution in [0.1, 0.15) is 83.2 Å². The number of carbonyl (C=O) groups is 4. The minimum absolute atomic E-state index is 0.00104. The molecular formula is C40H54F4N6O4. The lowest BCUT2D eigenvalue weighted by Crippen LogP contribution is -2.67. The molecule has 4 amide bonds. The molecule has 0 spiro atoms. The van der Waals surface area contributed by atoms with E-state index in [0.717, 1.165) is 19.2 Å². The number of aromatic amines is 1. The van der Waals surface area contributed by atoms with Crippen LogP contribution in [0, 0.1) is 17.7 Å². The quantitative estimate of drug-likeness (QED) is 0.117. The summed E-state index contributed by atoms with van der Waals surface area (Å²) in [5.74, 6) is -3.60. The topological polar surface area (TPSA) is 135 Å². The van der Waals surface area contributed by atoms with Crippen molar-refractivity contribution in [2.75, 3.05) is 26.2 Å². The zero-order valence-corrected chi connectivity index (χ0v) is 32.0. The van der Waals surface area contributed by atoms with Crippen molar-refractivity contribution in [3.63, 3.8) is 0 Å². The molecule has 5 atom stereocenters. The lowest BCUT2D eigenvalue weighted by atomic mass is 9.78. The second kappa shape index (κ2) is 18.2. The number of hydrogen-bond acceptors (Lipinski definition) is 5. The van der Waals surface area contributed by atoms with Crippen LogP contribution in [-0.4, -0.2) is 77.3 Å². The molecule has 0 saturated carbocycles. The van der Waals surface area contributed by atoms with Gasteiger partial charge in [-0.1, -0.05) is 84.7 Å². The van der Waals surface area contributed by atoms with Crippen LogP contribution >= 0.6 is 0 Å². The zero-order chi connectivity index (χ0) is 39.8. The van der Waals surface area contributed by atoms with Gasteiger partial charge in [-0.15, -0.1) is 0 Å². The first kappa shape index (κ1) is 42.3. The molecule has 3 aromatic rings. The summed E-state index contributed by atoms with van der Waals surface area (Å²) in [7, 11) is 0. The summed E-state index contributed by atoms with van der Waals surface area (Å²) in [6.45, 7) is 14.0. The van der Waals surface area contributed by atoms with Gasteiger partial charge in [0.15, 0.2) is 0 Å². The predicted octanol–water partition coefficient (Wildman–Crippen LogP) is 5.43. The van der Waals surface area contributed by atoms with Gasteiger partial charge in [0, 0.05) is 30.6 Å². The zero-order valence-electron chi connectivity index (χ0n) is 32.0. The van der Waals surface area contributed by atoms with E-state index >= 15 is 0 Å². The van der Waals surface area contributed by atoms with Crippen LogP contribution in [0.15, 0.2) is 42.5 Å². The molecule has 10 nitrogen and oxygen atoms in total. The second-order valence-corrected chi connectivity index (χ2v) is 14.4. The third-order valence-electron chi connectivity index (χ3n) is 10.9. The minimum atomic E-state index is -4.64. The summed E-state index contributed by atoms with van der Waals surface area (Å²) >= 11 is 0. The highest BCUT2D eigenvalue weighted by Gasteiger charge is 2.47. The van der Waals surface area contributed by atoms with Crippen molar-refractivity contribution in [2.45, 2.75) is 104 Å². The Labute approximate surface area is 314 Å². The van der Waals surface area contributed by atoms with Crippen molar-refractivity contribution >= 4 is 34.5 Å². The maximum Gasteiger partial charge on any atom is 0.418 e. The summed E-state index contributed by atoms with van der Waals surface area (Å²) in [4.78, 5) is 60.9. The first-order valence-corrected chi connectivity index (χ1v) is 18.9. The highest BCUT2D eigenvalue weighted by atomic mass is 19.4. The number of hydrogen-bond donors (Lipinski definition) is 5. The first-order valence-electron chi connectivity index (χ1n) is 18.9. The summed E-state index contributed by atoms with van der Waals surface area (Å²) in [5, 5.41) is 11.8. The van der Waals surface area contributed by atoms with E-state index in [1.165, 1.54) is 24.3 Å². The Morgan fingerprint density at radius 1 is 0.889 bits per heavy atom. The van der Waals surface area contributed by atoms with Gasteiger partial charge in [-0.3, -0.25) is 19.2 Å². The summed E-state index contributed by atoms with van der Waals surface area (Å²) in [6.07, 6.45) is -4.00. The van der Waals surface area contributed by atoms with Gasteiger partial charge in [0.05, 0.1) is 17.5 Å². The molecule has 0 radical (unpaired) electrons. The largest absolute Gasteiger partial charge is 0.418 e. The average molecular weight is 759 g/mol. The Kier molecular flexibility index (Phi) is 14.3. The number of rotatable bonds is 17. The normalized spacial score (nSPS) is 18.0. The number of halogens is 4. The number of para-hydroxylation sites is 1. The molecule has 0 fully saturated rings. The van der Waals surface area contributed by atoms with E-state index in [9.17, 15) is 36.7 Å². The van der Waals surface area contributed by atoms with Crippen molar-refractivity contribution in [2.24, 2.45) is 11.8 Å². The Bertz CT molecular complexity index is 1790. The number of nitrogens with one attached hydrogen (secondary N) is 5. The Morgan fingerprint density at radius 3 is 2.15 bits per heavy atom. The van der Waals surface area contributed by atoms with Gasteiger partial charge in [-0.2, -0.15) is 13.2 Å². The molecule has 296 valence electrons. The standard InChI is InChI=1S/C40H54F4N6O4/c1-7-24(5)33(36(52)45-20-21-50(9-3)10-4)48-38(54)39(19-18-31-28(23-39)27-15-13-16-29(35(27)46-31)40(42,43)44)49-37(53)34(25(6)8-2)47-32(51)22-26-14-11-12-17-30(26)41/h11-17,24-25,33-34,46H,7-10,18-23H2,1-6H3,(H,45,52)(H,47,51)(H,48,54)(H,49,53)/t24?,25?,33-,34-,39+/m0/s1. The molecule has 0 bridgehead atoms. The van der Waals surface area contributed by atoms with Gasteiger partial charge in [0.1, 0.15) is 23.4 Å². The van der Waals surface area contributed by atoms with E-state index in [2.05, 4.69) is 31.2 Å². The third kappa shape index (κ3) is 9.79. The van der Waals surface area contributed by atoms with Crippen LogP contribution in [-0.2, 0) is 44.6 Å². The Balaban J connectivity index is 1.71. The molecule has 0 aliphatic heterocycles. The van der Waals surface area contributed by atoms with Crippen molar-refractivity contribution in [3.05, 3.63) is 70.7 Å². The number of amides is 4. The van der Waals surface area contributed by atoms with E-state index in [-0.39, 0.29) is 54.0 Å². The SMILES string of the molecule is CCC(C)[C@H](NC(=O)Cc1ccccc1F)C(=O)N[C@]1(C(=O)N[C@H](C(=O)NCCN(CC)CC)C(C)CC)CCc2[nH]c3c(C(F)(F)F)cccc3c2C1. The number of fused-ring (bicyclic) bond motifs is 3. The van der Waals surface area contributed by atoms with Crippen molar-refractivity contribution in [1.82, 2.24) is 31.2 Å². The van der Waals surface area contributed by atoms with Gasteiger partial charge in [0.25, 0.3) is 0 Å². The number of aromatic nitrogens is 1. The fraction of sp³-hybridized carbons (Fsp3) is 0.550. The van der Waals surface area contributed by atoms with Crippen LogP contribution < -0.4 is 21.3 Å². The third-order valence-corrected chi connectivity index (χ3v) is 10.9. The van der Waals surface area contributed by atoms with E-state index in [1.807, 2.05) is 34.6 Å². The highest BCUT2D eigenvalue weighted by Crippen LogP contribution is 2.40. The number of likely N-dealkylation sites (N-methyl/N-ethyl adjacent to an activating group) is 1. The highest BCUT2D eigenvalue weighted by molar-refractivity contribution is 5.98. The first-order chi connectivity index (χ1) is 25.6. The predicted molar refractivity (Wildman–Crippen MR) is 200 cm³/mol. The molecule has 1 aliphatic rings. The number of nitrogens with zero attached hydrogens (tertiary/aromatic N) is 1. The number of H-pyrrole nitrogens is 1. The summed E-state index contributed by atoms with van der Waals surface area (Å²) < 4.78 is 56.6. The lowest BCUT2D eigenvalue weighted by Gasteiger charge is -2.39. The van der Waals surface area contributed by atoms with Crippen LogP contribution in [0.2, 0.25) is 0 Å². The lowest BCUT2D eigenvalue weighted by molar-refractivity contribution is -0.139. The van der Waals surface area contributed by atoms with Gasteiger partial charge < -0.3 is 31.2 Å². The molecule has 1 aromatic heterocycles. The number of carbonyl (C=O) groups excluding carboxylic acids is 4. The van der Waals surface area contributed by atoms with Crippen LogP contribution in [0.3, 0.4) is 0 Å². The van der Waals surface area contributed by atoms with Gasteiger partial charge in [0.2, 0.25) is 23.6 Å². The van der Waals surface area contributed by atoms with E-state index in [0.29, 0.717) is 37.2 Å². The maximum absolute atomic E-state index is 14.7. The smallest absolute Gasteiger partial charge is 0.358 e. The van der Waals surface area contributed by atoms with Gasteiger partial charge in [-0.25, -0.2) is 4.39 Å². The summed E-state index contributed by atoms with van der Waals surface area (Å²) in [6, 6.07) is 7.56. The van der Waals surface area contributed by atoms with Crippen LogP contribution in [0.4, 0.5) is 17.6 Å². The molecule has 54 heavy (non-hydrogen) atoms. The minimum Gasteiger partial charge on any atom is -0.358 e. The van der Waals surface area contributed by atoms with E-state index in [4.69, 9.17) is 0 Å².